The van der Waals surface area contributed by atoms with Crippen LogP contribution >= 0.6 is 0 Å². The fraction of sp³-hybridized carbons (Fsp3) is 0.550. The second-order valence-corrected chi connectivity index (χ2v) is 5.76. The molecule has 2 heteroatoms. The Labute approximate surface area is 135 Å². The third kappa shape index (κ3) is 6.93. The van der Waals surface area contributed by atoms with Crippen molar-refractivity contribution in [3.63, 3.8) is 0 Å². The van der Waals surface area contributed by atoms with Crippen molar-refractivity contribution in [2.75, 3.05) is 0 Å². The Morgan fingerprint density at radius 3 is 2.64 bits per heavy atom. The monoisotopic (exact) mass is 302 g/mol. The Kier molecular flexibility index (Phi) is 9.29. The molecule has 0 saturated heterocycles. The summed E-state index contributed by atoms with van der Waals surface area (Å²) < 4.78 is 0. The van der Waals surface area contributed by atoms with Crippen molar-refractivity contribution in [3.8, 4) is 0 Å². The van der Waals surface area contributed by atoms with Crippen molar-refractivity contribution < 1.29 is 9.90 Å². The van der Waals surface area contributed by atoms with Gasteiger partial charge >= 0.3 is 5.97 Å². The van der Waals surface area contributed by atoms with Gasteiger partial charge in [0.2, 0.25) is 0 Å². The average Bonchev–Trinajstić information content (AvgIpc) is 2.96. The van der Waals surface area contributed by atoms with Gasteiger partial charge in [-0.2, -0.15) is 0 Å². The van der Waals surface area contributed by atoms with E-state index in [9.17, 15) is 4.79 Å². The molecule has 0 heterocycles. The van der Waals surface area contributed by atoms with E-state index in [0.717, 1.165) is 32.1 Å². The van der Waals surface area contributed by atoms with E-state index in [1.165, 1.54) is 12.0 Å². The maximum absolute atomic E-state index is 10.8. The molecule has 0 spiro atoms. The summed E-state index contributed by atoms with van der Waals surface area (Å²) in [5.74, 6) is 0.195. The van der Waals surface area contributed by atoms with Crippen molar-refractivity contribution >= 4 is 5.97 Å². The number of carboxylic acid groups (broad SMARTS) is 1. The first-order valence-electron chi connectivity index (χ1n) is 8.68. The van der Waals surface area contributed by atoms with E-state index in [1.54, 1.807) is 0 Å². The maximum Gasteiger partial charge on any atom is 0.303 e. The highest BCUT2D eigenvalue weighted by Crippen LogP contribution is 2.35. The molecule has 22 heavy (non-hydrogen) atoms. The Bertz CT molecular complexity index is 436. The molecule has 0 amide bonds. The summed E-state index contributed by atoms with van der Waals surface area (Å²) in [6.45, 7) is 4.00. The van der Waals surface area contributed by atoms with Crippen molar-refractivity contribution in [1.29, 1.82) is 0 Å². The summed E-state index contributed by atoms with van der Waals surface area (Å²) in [5, 5.41) is 8.90. The molecule has 1 aliphatic carbocycles. The van der Waals surface area contributed by atoms with Crippen LogP contribution in [-0.2, 0) is 11.2 Å². The summed E-state index contributed by atoms with van der Waals surface area (Å²) in [5.41, 5.74) is 1.39. The molecule has 1 saturated carbocycles. The van der Waals surface area contributed by atoms with E-state index in [4.69, 9.17) is 5.11 Å². The Hall–Kier alpha value is -1.57. The molecule has 1 aromatic carbocycles. The topological polar surface area (TPSA) is 37.3 Å². The van der Waals surface area contributed by atoms with E-state index in [1.807, 2.05) is 19.9 Å². The van der Waals surface area contributed by atoms with Gasteiger partial charge in [0.15, 0.2) is 0 Å². The van der Waals surface area contributed by atoms with Gasteiger partial charge in [-0.15, -0.1) is 0 Å². The third-order valence-electron chi connectivity index (χ3n) is 4.22. The van der Waals surface area contributed by atoms with E-state index in [2.05, 4.69) is 36.4 Å². The molecule has 1 N–H and O–H groups in total. The van der Waals surface area contributed by atoms with Crippen LogP contribution in [0.1, 0.15) is 57.9 Å². The van der Waals surface area contributed by atoms with Crippen LogP contribution in [-0.4, -0.2) is 11.1 Å². The molecule has 0 unspecified atom stereocenters. The first kappa shape index (κ1) is 18.5. The number of aliphatic carboxylic acids is 1. The molecular formula is C20H30O2. The molecule has 1 fully saturated rings. The van der Waals surface area contributed by atoms with E-state index >= 15 is 0 Å². The molecule has 0 bridgehead atoms. The molecule has 2 nitrogen and oxygen atoms in total. The van der Waals surface area contributed by atoms with Crippen LogP contribution in [0.25, 0.3) is 0 Å². The largest absolute Gasteiger partial charge is 0.481 e. The number of carbonyl (C=O) groups is 1. The van der Waals surface area contributed by atoms with Crippen LogP contribution in [0.15, 0.2) is 42.5 Å². The first-order chi connectivity index (χ1) is 10.8. The van der Waals surface area contributed by atoms with E-state index in [-0.39, 0.29) is 0 Å². The fourth-order valence-corrected chi connectivity index (χ4v) is 3.14. The zero-order chi connectivity index (χ0) is 16.2. The van der Waals surface area contributed by atoms with Gasteiger partial charge in [-0.1, -0.05) is 62.8 Å². The lowest BCUT2D eigenvalue weighted by Crippen LogP contribution is -2.10. The molecule has 1 aromatic rings. The van der Waals surface area contributed by atoms with E-state index < -0.39 is 5.97 Å². The number of carboxylic acids is 1. The summed E-state index contributed by atoms with van der Waals surface area (Å²) in [6, 6.07) is 10.6. The number of hydrogen-bond donors (Lipinski definition) is 1. The number of hydrogen-bond acceptors (Lipinski definition) is 1. The summed E-state index contributed by atoms with van der Waals surface area (Å²) in [4.78, 5) is 10.8. The minimum absolute atomic E-state index is 0.332. The zero-order valence-corrected chi connectivity index (χ0v) is 14.0. The van der Waals surface area contributed by atoms with Gasteiger partial charge in [0.25, 0.3) is 0 Å². The van der Waals surface area contributed by atoms with Gasteiger partial charge in [-0.25, -0.2) is 0 Å². The highest BCUT2D eigenvalue weighted by Gasteiger charge is 2.26. The first-order valence-corrected chi connectivity index (χ1v) is 8.68. The zero-order valence-electron chi connectivity index (χ0n) is 14.0. The average molecular weight is 302 g/mol. The molecular weight excluding hydrogens is 272 g/mol. The van der Waals surface area contributed by atoms with Crippen LogP contribution in [0.2, 0.25) is 0 Å². The van der Waals surface area contributed by atoms with Crippen LogP contribution in [0, 0.1) is 11.8 Å². The second-order valence-electron chi connectivity index (χ2n) is 5.76. The second kappa shape index (κ2) is 11.1. The predicted molar refractivity (Wildman–Crippen MR) is 93.0 cm³/mol. The maximum atomic E-state index is 10.8. The summed E-state index contributed by atoms with van der Waals surface area (Å²) >= 11 is 0. The molecule has 1 aliphatic rings. The lowest BCUT2D eigenvalue weighted by molar-refractivity contribution is -0.138. The van der Waals surface area contributed by atoms with Gasteiger partial charge in [-0.3, -0.25) is 4.79 Å². The Morgan fingerprint density at radius 1 is 1.23 bits per heavy atom. The molecule has 0 radical (unpaired) electrons. The van der Waals surface area contributed by atoms with Gasteiger partial charge < -0.3 is 5.11 Å². The van der Waals surface area contributed by atoms with Gasteiger partial charge in [-0.05, 0) is 49.5 Å². The molecule has 122 valence electrons. The van der Waals surface area contributed by atoms with E-state index in [0.29, 0.717) is 18.3 Å². The van der Waals surface area contributed by atoms with Gasteiger partial charge in [0.1, 0.15) is 0 Å². The van der Waals surface area contributed by atoms with Crippen molar-refractivity contribution in [2.24, 2.45) is 11.8 Å². The van der Waals surface area contributed by atoms with Crippen molar-refractivity contribution in [1.82, 2.24) is 0 Å². The Morgan fingerprint density at radius 2 is 1.95 bits per heavy atom. The van der Waals surface area contributed by atoms with Crippen LogP contribution in [0.5, 0.6) is 0 Å². The standard InChI is InChI=1S/C18H24O2.C2H6/c19-18(20)14-17-13-7-12-16(17)11-6-2-5-10-15-8-3-1-4-9-15;1-2/h1,3-4,6,8-9,11,16-17H,2,5,7,10,12-14H2,(H,19,20);1-2H3/b11-6+;/t16-,17+;/m0./s1. The number of benzene rings is 1. The molecule has 0 aromatic heterocycles. The molecule has 0 aliphatic heterocycles. The minimum atomic E-state index is -0.653. The lowest BCUT2D eigenvalue weighted by atomic mass is 9.92. The lowest BCUT2D eigenvalue weighted by Gasteiger charge is -2.13. The predicted octanol–water partition coefficient (Wildman–Crippen LogP) is 5.48. The summed E-state index contributed by atoms with van der Waals surface area (Å²) in [6.07, 6.45) is 11.6. The normalized spacial score (nSPS) is 20.6. The fourth-order valence-electron chi connectivity index (χ4n) is 3.14. The third-order valence-corrected chi connectivity index (χ3v) is 4.22. The number of unbranched alkanes of at least 4 members (excludes halogenated alkanes) is 1. The number of rotatable bonds is 7. The van der Waals surface area contributed by atoms with Crippen molar-refractivity contribution in [2.45, 2.75) is 58.8 Å². The quantitative estimate of drug-likeness (QED) is 0.534. The van der Waals surface area contributed by atoms with Crippen LogP contribution in [0.4, 0.5) is 0 Å². The highest BCUT2D eigenvalue weighted by molar-refractivity contribution is 5.67. The van der Waals surface area contributed by atoms with Crippen molar-refractivity contribution in [3.05, 3.63) is 48.0 Å². The number of allylic oxidation sites excluding steroid dienone is 2. The highest BCUT2D eigenvalue weighted by atomic mass is 16.4. The van der Waals surface area contributed by atoms with Crippen LogP contribution < -0.4 is 0 Å². The Balaban J connectivity index is 0.00000116. The minimum Gasteiger partial charge on any atom is -0.481 e. The smallest absolute Gasteiger partial charge is 0.303 e. The SMILES string of the molecule is CC.O=C(O)C[C@H]1CCC[C@@H]1/C=C/CCCc1ccccc1. The van der Waals surface area contributed by atoms with Gasteiger partial charge in [0, 0.05) is 6.42 Å². The number of aryl methyl sites for hydroxylation is 1. The summed E-state index contributed by atoms with van der Waals surface area (Å²) in [7, 11) is 0. The van der Waals surface area contributed by atoms with Gasteiger partial charge in [0.05, 0.1) is 0 Å². The molecule has 2 rings (SSSR count). The molecule has 2 atom stereocenters. The van der Waals surface area contributed by atoms with Crippen LogP contribution in [0.3, 0.4) is 0 Å².